The highest BCUT2D eigenvalue weighted by atomic mass is 16.5. The summed E-state index contributed by atoms with van der Waals surface area (Å²) in [6.07, 6.45) is 2.31. The van der Waals surface area contributed by atoms with Gasteiger partial charge in [-0.25, -0.2) is 14.6 Å². The molecule has 3 N–H and O–H groups in total. The van der Waals surface area contributed by atoms with Gasteiger partial charge in [0.1, 0.15) is 22.5 Å². The average molecular weight is 527 g/mol. The van der Waals surface area contributed by atoms with Crippen LogP contribution in [0.4, 0.5) is 9.59 Å². The summed E-state index contributed by atoms with van der Waals surface area (Å²) in [6.45, 7) is 0.0813. The molecule has 0 radical (unpaired) electrons. The van der Waals surface area contributed by atoms with E-state index in [-0.39, 0.29) is 24.8 Å². The predicted molar refractivity (Wildman–Crippen MR) is 134 cm³/mol. The first-order chi connectivity index (χ1) is 18.7. The fraction of sp³-hybridized carbons (Fsp3) is 0.259. The normalized spacial score (nSPS) is 25.3. The molecule has 39 heavy (non-hydrogen) atoms. The molecule has 12 heteroatoms. The van der Waals surface area contributed by atoms with E-state index < -0.39 is 34.8 Å². The zero-order chi connectivity index (χ0) is 27.1. The first kappa shape index (κ1) is 23.1. The maximum atomic E-state index is 13.3. The van der Waals surface area contributed by atoms with Gasteiger partial charge in [-0.2, -0.15) is 0 Å². The number of carbonyl (C=O) groups excluding carboxylic acids is 5. The number of hydrogen-bond donors (Lipinski definition) is 3. The van der Waals surface area contributed by atoms with Crippen LogP contribution >= 0.6 is 0 Å². The Labute approximate surface area is 220 Å². The lowest BCUT2D eigenvalue weighted by atomic mass is 9.81. The molecule has 4 heterocycles. The minimum Gasteiger partial charge on any atom is -0.497 e. The number of methoxy groups -OCH3 is 1. The SMILES string of the molecule is COc1ccc2c(c1)C(=O)N(C[C@@]1(c3cc4c5c(ccc4o3)C3(C=NC(=O)NC3=O)CC5)NC(=O)NC1=O)C2. The molecule has 1 fully saturated rings. The van der Waals surface area contributed by atoms with Crippen LogP contribution in [0.2, 0.25) is 0 Å². The van der Waals surface area contributed by atoms with Gasteiger partial charge in [0.2, 0.25) is 5.91 Å². The average Bonchev–Trinajstić information content (AvgIpc) is 3.65. The summed E-state index contributed by atoms with van der Waals surface area (Å²) < 4.78 is 11.4. The number of aliphatic imine (C=N–C) groups is 1. The van der Waals surface area contributed by atoms with Gasteiger partial charge < -0.3 is 19.4 Å². The molecule has 2 atom stereocenters. The van der Waals surface area contributed by atoms with Crippen LogP contribution in [0.1, 0.15) is 39.2 Å². The topological polar surface area (TPSA) is 159 Å². The van der Waals surface area contributed by atoms with Crippen LogP contribution in [-0.4, -0.2) is 54.6 Å². The molecular weight excluding hydrogens is 506 g/mol. The quantitative estimate of drug-likeness (QED) is 0.435. The van der Waals surface area contributed by atoms with Gasteiger partial charge in [-0.05, 0) is 53.8 Å². The number of rotatable bonds is 4. The van der Waals surface area contributed by atoms with Gasteiger partial charge in [0.25, 0.3) is 11.8 Å². The van der Waals surface area contributed by atoms with E-state index >= 15 is 0 Å². The fourth-order valence-corrected chi connectivity index (χ4v) is 6.10. The van der Waals surface area contributed by atoms with Crippen LogP contribution in [0.3, 0.4) is 0 Å². The number of nitrogens with zero attached hydrogens (tertiary/aromatic N) is 2. The Hall–Kier alpha value is -5.00. The molecule has 196 valence electrons. The summed E-state index contributed by atoms with van der Waals surface area (Å²) in [5, 5.41) is 7.93. The molecule has 1 aliphatic carbocycles. The van der Waals surface area contributed by atoms with Gasteiger partial charge in [0, 0.05) is 23.7 Å². The molecule has 1 saturated heterocycles. The number of carbonyl (C=O) groups is 5. The van der Waals surface area contributed by atoms with Crippen molar-refractivity contribution in [3.63, 3.8) is 0 Å². The van der Waals surface area contributed by atoms with E-state index in [0.717, 1.165) is 11.1 Å². The molecular formula is C27H21N5O7. The highest BCUT2D eigenvalue weighted by Crippen LogP contribution is 2.44. The third kappa shape index (κ3) is 3.11. The summed E-state index contributed by atoms with van der Waals surface area (Å²) in [4.78, 5) is 68.7. The van der Waals surface area contributed by atoms with Crippen LogP contribution in [0.15, 0.2) is 45.8 Å². The third-order valence-electron chi connectivity index (χ3n) is 8.08. The lowest BCUT2D eigenvalue weighted by Gasteiger charge is -2.29. The summed E-state index contributed by atoms with van der Waals surface area (Å²) in [7, 11) is 1.51. The Bertz CT molecular complexity index is 1710. The van der Waals surface area contributed by atoms with E-state index in [1.807, 2.05) is 0 Å². The van der Waals surface area contributed by atoms with E-state index in [0.29, 0.717) is 40.7 Å². The van der Waals surface area contributed by atoms with E-state index in [4.69, 9.17) is 9.15 Å². The minimum atomic E-state index is -1.67. The second kappa shape index (κ2) is 7.76. The Morgan fingerprint density at radius 3 is 2.64 bits per heavy atom. The number of fused-ring (bicyclic) bond motifs is 5. The van der Waals surface area contributed by atoms with Gasteiger partial charge in [0.15, 0.2) is 5.54 Å². The maximum absolute atomic E-state index is 13.3. The van der Waals surface area contributed by atoms with E-state index in [1.165, 1.54) is 18.2 Å². The predicted octanol–water partition coefficient (Wildman–Crippen LogP) is 1.64. The van der Waals surface area contributed by atoms with Crippen LogP contribution < -0.4 is 20.7 Å². The summed E-state index contributed by atoms with van der Waals surface area (Å²) in [5.74, 6) is -0.678. The minimum absolute atomic E-state index is 0.161. The van der Waals surface area contributed by atoms with Gasteiger partial charge in [0.05, 0.1) is 13.7 Å². The third-order valence-corrected chi connectivity index (χ3v) is 8.08. The number of imide groups is 2. The van der Waals surface area contributed by atoms with Crippen molar-refractivity contribution in [3.8, 4) is 5.75 Å². The number of aryl methyl sites for hydroxylation is 1. The van der Waals surface area contributed by atoms with Crippen molar-refractivity contribution in [2.75, 3.05) is 13.7 Å². The molecule has 3 aromatic rings. The Morgan fingerprint density at radius 1 is 1.05 bits per heavy atom. The summed E-state index contributed by atoms with van der Waals surface area (Å²) in [5.41, 5.74) is 0.489. The standard InChI is InChI=1S/C27H21N5O7/c1-38-14-3-2-13-10-32(21(33)16(13)8-14)12-27(23(35)30-25(37)31-27)20-9-17-15-6-7-26(11-28-24(36)29-22(26)34)18(15)4-5-19(17)39-20/h2-5,8-9,11H,6-7,10,12H2,1H3,(H,29,34,36)(H2,30,31,35,37)/t26?,27-/m0/s1. The van der Waals surface area contributed by atoms with Crippen molar-refractivity contribution in [1.29, 1.82) is 0 Å². The molecule has 3 aliphatic heterocycles. The number of nitrogens with one attached hydrogen (secondary N) is 3. The first-order valence-corrected chi connectivity index (χ1v) is 12.3. The molecule has 2 aromatic carbocycles. The Morgan fingerprint density at radius 2 is 1.90 bits per heavy atom. The van der Waals surface area contributed by atoms with Crippen LogP contribution in [0.25, 0.3) is 11.0 Å². The number of benzene rings is 2. The summed E-state index contributed by atoms with van der Waals surface area (Å²) in [6, 6.07) is 8.93. The van der Waals surface area contributed by atoms with E-state index in [2.05, 4.69) is 20.9 Å². The second-order valence-electron chi connectivity index (χ2n) is 10.1. The number of amides is 7. The monoisotopic (exact) mass is 527 g/mol. The number of furan rings is 1. The van der Waals surface area contributed by atoms with Crippen LogP contribution in [0.5, 0.6) is 5.75 Å². The molecule has 1 unspecified atom stereocenters. The van der Waals surface area contributed by atoms with Crippen molar-refractivity contribution in [2.24, 2.45) is 4.99 Å². The molecule has 7 amide bonds. The molecule has 4 aliphatic rings. The summed E-state index contributed by atoms with van der Waals surface area (Å²) >= 11 is 0. The van der Waals surface area contributed by atoms with E-state index in [9.17, 15) is 24.0 Å². The Balaban J connectivity index is 1.30. The number of urea groups is 2. The van der Waals surface area contributed by atoms with Crippen LogP contribution in [-0.2, 0) is 33.5 Å². The van der Waals surface area contributed by atoms with Gasteiger partial charge in [-0.15, -0.1) is 0 Å². The number of hydrogen-bond acceptors (Lipinski definition) is 7. The van der Waals surface area contributed by atoms with Crippen LogP contribution in [0, 0.1) is 0 Å². The lowest BCUT2D eigenvalue weighted by molar-refractivity contribution is -0.125. The molecule has 0 saturated carbocycles. The zero-order valence-corrected chi connectivity index (χ0v) is 20.6. The zero-order valence-electron chi connectivity index (χ0n) is 20.6. The Kier molecular flexibility index (Phi) is 4.60. The van der Waals surface area contributed by atoms with Gasteiger partial charge >= 0.3 is 12.1 Å². The highest BCUT2D eigenvalue weighted by Gasteiger charge is 2.54. The maximum Gasteiger partial charge on any atom is 0.347 e. The molecule has 1 spiro atoms. The molecule has 1 aromatic heterocycles. The fourth-order valence-electron chi connectivity index (χ4n) is 6.10. The van der Waals surface area contributed by atoms with Crippen molar-refractivity contribution in [1.82, 2.24) is 20.9 Å². The number of ether oxygens (including phenoxy) is 1. The van der Waals surface area contributed by atoms with Crippen molar-refractivity contribution < 1.29 is 33.1 Å². The van der Waals surface area contributed by atoms with Crippen molar-refractivity contribution >= 4 is 47.0 Å². The van der Waals surface area contributed by atoms with Gasteiger partial charge in [-0.3, -0.25) is 25.0 Å². The largest absolute Gasteiger partial charge is 0.497 e. The highest BCUT2D eigenvalue weighted by molar-refractivity contribution is 6.17. The smallest absolute Gasteiger partial charge is 0.347 e. The van der Waals surface area contributed by atoms with Crippen molar-refractivity contribution in [2.45, 2.75) is 30.3 Å². The first-order valence-electron chi connectivity index (χ1n) is 12.3. The van der Waals surface area contributed by atoms with Crippen molar-refractivity contribution in [3.05, 3.63) is 64.4 Å². The van der Waals surface area contributed by atoms with E-state index in [1.54, 1.807) is 36.4 Å². The van der Waals surface area contributed by atoms with Gasteiger partial charge in [-0.1, -0.05) is 12.1 Å². The second-order valence-corrected chi connectivity index (χ2v) is 10.1. The molecule has 12 nitrogen and oxygen atoms in total. The lowest BCUT2D eigenvalue weighted by Crippen LogP contribution is -2.52. The molecule has 0 bridgehead atoms. The molecule has 7 rings (SSSR count).